The molecular weight excluding hydrogens is 293 g/mol. The molecule has 5 heteroatoms. The van der Waals surface area contributed by atoms with Crippen LogP contribution in [0.2, 0.25) is 10.0 Å². The fourth-order valence-corrected chi connectivity index (χ4v) is 2.76. The fraction of sp³-hybridized carbons (Fsp3) is 0.400. The van der Waals surface area contributed by atoms with Crippen LogP contribution in [0.1, 0.15) is 31.4 Å². The molecule has 0 amide bonds. The molecule has 20 heavy (non-hydrogen) atoms. The molecule has 1 aromatic heterocycles. The molecular formula is C15H19Cl2N3. The van der Waals surface area contributed by atoms with Crippen molar-refractivity contribution in [1.82, 2.24) is 14.9 Å². The molecule has 1 atom stereocenters. The molecule has 0 aliphatic heterocycles. The molecule has 2 aromatic rings. The van der Waals surface area contributed by atoms with Gasteiger partial charge in [0.2, 0.25) is 0 Å². The van der Waals surface area contributed by atoms with Gasteiger partial charge in [0.15, 0.2) is 0 Å². The van der Waals surface area contributed by atoms with E-state index in [1.807, 2.05) is 24.7 Å². The number of aryl methyl sites for hydroxylation is 1. The minimum Gasteiger partial charge on any atom is -0.337 e. The van der Waals surface area contributed by atoms with Gasteiger partial charge in [-0.3, -0.25) is 0 Å². The third-order valence-electron chi connectivity index (χ3n) is 3.29. The highest BCUT2D eigenvalue weighted by Crippen LogP contribution is 2.27. The summed E-state index contributed by atoms with van der Waals surface area (Å²) in [5.41, 5.74) is 1.11. The highest BCUT2D eigenvalue weighted by molar-refractivity contribution is 6.35. The van der Waals surface area contributed by atoms with Crippen LogP contribution < -0.4 is 5.32 Å². The molecule has 1 unspecified atom stereocenters. The SMILES string of the molecule is CCC(NCCCn1ccnc1)c1ccc(Cl)cc1Cl. The lowest BCUT2D eigenvalue weighted by atomic mass is 10.0. The van der Waals surface area contributed by atoms with E-state index in [2.05, 4.69) is 21.8 Å². The lowest BCUT2D eigenvalue weighted by molar-refractivity contribution is 0.491. The molecule has 0 spiro atoms. The lowest BCUT2D eigenvalue weighted by Crippen LogP contribution is -2.23. The summed E-state index contributed by atoms with van der Waals surface area (Å²) in [6.45, 7) is 4.06. The molecule has 0 saturated carbocycles. The zero-order chi connectivity index (χ0) is 14.4. The van der Waals surface area contributed by atoms with Gasteiger partial charge in [-0.2, -0.15) is 0 Å². The summed E-state index contributed by atoms with van der Waals surface area (Å²) < 4.78 is 2.08. The van der Waals surface area contributed by atoms with E-state index in [9.17, 15) is 0 Å². The van der Waals surface area contributed by atoms with Gasteiger partial charge >= 0.3 is 0 Å². The summed E-state index contributed by atoms with van der Waals surface area (Å²) in [7, 11) is 0. The molecule has 0 aliphatic rings. The van der Waals surface area contributed by atoms with E-state index in [0.717, 1.165) is 36.5 Å². The summed E-state index contributed by atoms with van der Waals surface area (Å²) in [4.78, 5) is 4.03. The van der Waals surface area contributed by atoms with Crippen LogP contribution in [0.15, 0.2) is 36.9 Å². The monoisotopic (exact) mass is 311 g/mol. The Balaban J connectivity index is 1.85. The number of nitrogens with zero attached hydrogens (tertiary/aromatic N) is 2. The van der Waals surface area contributed by atoms with Crippen molar-refractivity contribution in [3.63, 3.8) is 0 Å². The van der Waals surface area contributed by atoms with Crippen LogP contribution in [-0.2, 0) is 6.54 Å². The normalized spacial score (nSPS) is 12.6. The summed E-state index contributed by atoms with van der Waals surface area (Å²) in [6.07, 6.45) is 7.67. The summed E-state index contributed by atoms with van der Waals surface area (Å²) >= 11 is 12.2. The predicted octanol–water partition coefficient (Wildman–Crippen LogP) is 4.32. The first-order chi connectivity index (χ1) is 9.70. The van der Waals surface area contributed by atoms with Crippen molar-refractivity contribution < 1.29 is 0 Å². The Morgan fingerprint density at radius 2 is 2.20 bits per heavy atom. The number of halogens is 2. The molecule has 0 bridgehead atoms. The van der Waals surface area contributed by atoms with E-state index >= 15 is 0 Å². The zero-order valence-corrected chi connectivity index (χ0v) is 13.0. The fourth-order valence-electron chi connectivity index (χ4n) is 2.22. The third kappa shape index (κ3) is 4.23. The Morgan fingerprint density at radius 3 is 2.85 bits per heavy atom. The van der Waals surface area contributed by atoms with Crippen LogP contribution in [0.4, 0.5) is 0 Å². The van der Waals surface area contributed by atoms with Crippen molar-refractivity contribution >= 4 is 23.2 Å². The van der Waals surface area contributed by atoms with Gasteiger partial charge in [0.25, 0.3) is 0 Å². The smallest absolute Gasteiger partial charge is 0.0945 e. The highest BCUT2D eigenvalue weighted by Gasteiger charge is 2.12. The molecule has 108 valence electrons. The number of imidazole rings is 1. The maximum atomic E-state index is 6.26. The second kappa shape index (κ2) is 7.67. The molecule has 2 rings (SSSR count). The van der Waals surface area contributed by atoms with Crippen LogP contribution in [0, 0.1) is 0 Å². The standard InChI is InChI=1S/C15H19Cl2N3/c1-2-15(13-5-4-12(16)10-14(13)17)19-6-3-8-20-9-7-18-11-20/h4-5,7,9-11,15,19H,2-3,6,8H2,1H3. The second-order valence-electron chi connectivity index (χ2n) is 4.73. The van der Waals surface area contributed by atoms with Gasteiger partial charge in [-0.15, -0.1) is 0 Å². The molecule has 3 nitrogen and oxygen atoms in total. The quantitative estimate of drug-likeness (QED) is 0.772. The van der Waals surface area contributed by atoms with Gasteiger partial charge in [-0.1, -0.05) is 36.2 Å². The van der Waals surface area contributed by atoms with Gasteiger partial charge < -0.3 is 9.88 Å². The number of benzene rings is 1. The third-order valence-corrected chi connectivity index (χ3v) is 3.85. The molecule has 0 aliphatic carbocycles. The average molecular weight is 312 g/mol. The number of rotatable bonds is 7. The number of hydrogen-bond acceptors (Lipinski definition) is 2. The van der Waals surface area contributed by atoms with Gasteiger partial charge in [-0.25, -0.2) is 4.98 Å². The van der Waals surface area contributed by atoms with Crippen molar-refractivity contribution in [2.45, 2.75) is 32.4 Å². The van der Waals surface area contributed by atoms with Gasteiger partial charge in [0.05, 0.1) is 6.33 Å². The van der Waals surface area contributed by atoms with Crippen LogP contribution >= 0.6 is 23.2 Å². The van der Waals surface area contributed by atoms with Crippen LogP contribution in [0.25, 0.3) is 0 Å². The first-order valence-electron chi connectivity index (χ1n) is 6.84. The van der Waals surface area contributed by atoms with E-state index < -0.39 is 0 Å². The largest absolute Gasteiger partial charge is 0.337 e. The minimum atomic E-state index is 0.266. The Hall–Kier alpha value is -1.03. The van der Waals surface area contributed by atoms with Gasteiger partial charge in [0, 0.05) is 35.0 Å². The molecule has 0 fully saturated rings. The molecule has 1 aromatic carbocycles. The van der Waals surface area contributed by atoms with Crippen molar-refractivity contribution in [1.29, 1.82) is 0 Å². The van der Waals surface area contributed by atoms with Gasteiger partial charge in [-0.05, 0) is 37.1 Å². The van der Waals surface area contributed by atoms with Crippen LogP contribution in [0.3, 0.4) is 0 Å². The van der Waals surface area contributed by atoms with E-state index in [-0.39, 0.29) is 6.04 Å². The topological polar surface area (TPSA) is 29.9 Å². The second-order valence-corrected chi connectivity index (χ2v) is 5.58. The first kappa shape index (κ1) is 15.4. The summed E-state index contributed by atoms with van der Waals surface area (Å²) in [6, 6.07) is 5.96. The van der Waals surface area contributed by atoms with Crippen molar-refractivity contribution in [2.24, 2.45) is 0 Å². The predicted molar refractivity (Wildman–Crippen MR) is 84.3 cm³/mol. The molecule has 1 N–H and O–H groups in total. The van der Waals surface area contributed by atoms with Gasteiger partial charge in [0.1, 0.15) is 0 Å². The average Bonchev–Trinajstić information content (AvgIpc) is 2.93. The minimum absolute atomic E-state index is 0.266. The highest BCUT2D eigenvalue weighted by atomic mass is 35.5. The van der Waals surface area contributed by atoms with Crippen molar-refractivity contribution in [3.05, 3.63) is 52.5 Å². The summed E-state index contributed by atoms with van der Waals surface area (Å²) in [5, 5.41) is 4.95. The summed E-state index contributed by atoms with van der Waals surface area (Å²) in [5.74, 6) is 0. The van der Waals surface area contributed by atoms with Crippen LogP contribution in [0.5, 0.6) is 0 Å². The first-order valence-corrected chi connectivity index (χ1v) is 7.60. The Kier molecular flexibility index (Phi) is 5.89. The molecule has 1 heterocycles. The van der Waals surface area contributed by atoms with Crippen LogP contribution in [-0.4, -0.2) is 16.1 Å². The van der Waals surface area contributed by atoms with Crippen molar-refractivity contribution in [2.75, 3.05) is 6.54 Å². The maximum absolute atomic E-state index is 6.26. The van der Waals surface area contributed by atoms with Crippen molar-refractivity contribution in [3.8, 4) is 0 Å². The maximum Gasteiger partial charge on any atom is 0.0945 e. The zero-order valence-electron chi connectivity index (χ0n) is 11.5. The Labute approximate surface area is 129 Å². The number of nitrogens with one attached hydrogen (secondary N) is 1. The lowest BCUT2D eigenvalue weighted by Gasteiger charge is -2.19. The van der Waals surface area contributed by atoms with E-state index in [1.54, 1.807) is 12.3 Å². The molecule has 0 radical (unpaired) electrons. The van der Waals surface area contributed by atoms with E-state index in [1.165, 1.54) is 0 Å². The van der Waals surface area contributed by atoms with E-state index in [0.29, 0.717) is 5.02 Å². The van der Waals surface area contributed by atoms with E-state index in [4.69, 9.17) is 23.2 Å². The Morgan fingerprint density at radius 1 is 1.35 bits per heavy atom. The number of aromatic nitrogens is 2. The Bertz CT molecular complexity index is 526. The molecule has 0 saturated heterocycles. The number of hydrogen-bond donors (Lipinski definition) is 1.